The third-order valence-corrected chi connectivity index (χ3v) is 7.15. The van der Waals surface area contributed by atoms with Gasteiger partial charge in [0.2, 0.25) is 0 Å². The number of benzene rings is 3. The first-order valence-electron chi connectivity index (χ1n) is 13.6. The fourth-order valence-electron chi connectivity index (χ4n) is 5.06. The molecule has 0 amide bonds. The Hall–Kier alpha value is -4.30. The normalized spacial score (nSPS) is 12.7. The molecule has 0 saturated heterocycles. The monoisotopic (exact) mass is 536 g/mol. The maximum atomic E-state index is 13.8. The number of nitrogens with one attached hydrogen (secondary N) is 1. The summed E-state index contributed by atoms with van der Waals surface area (Å²) in [4.78, 5) is 19.2. The van der Waals surface area contributed by atoms with Crippen molar-refractivity contribution in [2.24, 2.45) is 0 Å². The van der Waals surface area contributed by atoms with Gasteiger partial charge in [-0.15, -0.1) is 5.10 Å². The van der Waals surface area contributed by atoms with Crippen LogP contribution < -0.4 is 10.3 Å². The number of aromatic amines is 1. The molecule has 0 bridgehead atoms. The molecular formula is C32H36N6O2. The van der Waals surface area contributed by atoms with E-state index in [0.29, 0.717) is 24.5 Å². The van der Waals surface area contributed by atoms with Crippen LogP contribution >= 0.6 is 0 Å². The zero-order valence-electron chi connectivity index (χ0n) is 23.8. The van der Waals surface area contributed by atoms with Gasteiger partial charge in [0.25, 0.3) is 5.56 Å². The summed E-state index contributed by atoms with van der Waals surface area (Å²) in [6.45, 7) is 9.46. The Kier molecular flexibility index (Phi) is 7.80. The van der Waals surface area contributed by atoms with Crippen LogP contribution in [-0.4, -0.2) is 37.2 Å². The Morgan fingerprint density at radius 2 is 1.60 bits per heavy atom. The lowest BCUT2D eigenvalue weighted by atomic mass is 9.99. The summed E-state index contributed by atoms with van der Waals surface area (Å²) in [6, 6.07) is 26.0. The molecule has 5 rings (SSSR count). The molecule has 1 atom stereocenters. The maximum Gasteiger partial charge on any atom is 0.253 e. The van der Waals surface area contributed by atoms with Crippen LogP contribution in [0.5, 0.6) is 5.75 Å². The van der Waals surface area contributed by atoms with E-state index in [1.165, 1.54) is 5.56 Å². The van der Waals surface area contributed by atoms with E-state index >= 15 is 0 Å². The third-order valence-electron chi connectivity index (χ3n) is 7.15. The first-order chi connectivity index (χ1) is 19.3. The number of rotatable bonds is 9. The molecule has 0 aliphatic heterocycles. The average Bonchev–Trinajstić information content (AvgIpc) is 3.44. The SMILES string of the molecule is CCc1ccc2[nH]c(=O)c([C@H](c3nnnn3C(C)(C)C)N(Cc3ccccc3)Cc3ccc(OC)cc3)cc2c1. The van der Waals surface area contributed by atoms with Crippen LogP contribution in [0.2, 0.25) is 0 Å². The van der Waals surface area contributed by atoms with Crippen LogP contribution in [0.4, 0.5) is 0 Å². The van der Waals surface area contributed by atoms with E-state index in [-0.39, 0.29) is 5.56 Å². The van der Waals surface area contributed by atoms with E-state index in [1.807, 2.05) is 47.1 Å². The van der Waals surface area contributed by atoms with E-state index in [4.69, 9.17) is 4.74 Å². The van der Waals surface area contributed by atoms with Crippen molar-refractivity contribution in [3.8, 4) is 5.75 Å². The highest BCUT2D eigenvalue weighted by atomic mass is 16.5. The van der Waals surface area contributed by atoms with Gasteiger partial charge < -0.3 is 9.72 Å². The number of aromatic nitrogens is 5. The second kappa shape index (κ2) is 11.4. The van der Waals surface area contributed by atoms with Gasteiger partial charge in [0.1, 0.15) is 11.8 Å². The lowest BCUT2D eigenvalue weighted by molar-refractivity contribution is 0.184. The van der Waals surface area contributed by atoms with Crippen molar-refractivity contribution in [2.45, 2.75) is 58.8 Å². The van der Waals surface area contributed by atoms with Gasteiger partial charge in [0.05, 0.1) is 12.6 Å². The molecule has 2 heterocycles. The van der Waals surface area contributed by atoms with Crippen molar-refractivity contribution in [1.82, 2.24) is 30.1 Å². The molecule has 0 fully saturated rings. The summed E-state index contributed by atoms with van der Waals surface area (Å²) in [6.07, 6.45) is 0.910. The summed E-state index contributed by atoms with van der Waals surface area (Å²) < 4.78 is 7.21. The highest BCUT2D eigenvalue weighted by molar-refractivity contribution is 5.80. The van der Waals surface area contributed by atoms with Gasteiger partial charge in [0, 0.05) is 24.2 Å². The van der Waals surface area contributed by atoms with Crippen LogP contribution in [0.3, 0.4) is 0 Å². The zero-order chi connectivity index (χ0) is 28.3. The molecule has 206 valence electrons. The minimum atomic E-state index is -0.519. The molecule has 40 heavy (non-hydrogen) atoms. The standard InChI is InChI=1S/C32H36N6O2/c1-6-22-14-17-28-25(18-22)19-27(31(39)33-28)29(30-34-35-36-38(30)32(2,3)4)37(20-23-10-8-7-9-11-23)21-24-12-15-26(40-5)16-13-24/h7-19,29H,6,20-21H2,1-5H3,(H,33,39)/t29-/m1/s1. The summed E-state index contributed by atoms with van der Waals surface area (Å²) in [7, 11) is 1.66. The van der Waals surface area contributed by atoms with Crippen LogP contribution in [0.15, 0.2) is 83.7 Å². The Morgan fingerprint density at radius 3 is 2.25 bits per heavy atom. The molecule has 0 spiro atoms. The van der Waals surface area contributed by atoms with Gasteiger partial charge in [-0.1, -0.05) is 55.5 Å². The van der Waals surface area contributed by atoms with Crippen LogP contribution in [0.1, 0.15) is 61.8 Å². The predicted molar refractivity (Wildman–Crippen MR) is 157 cm³/mol. The zero-order valence-corrected chi connectivity index (χ0v) is 23.8. The summed E-state index contributed by atoms with van der Waals surface area (Å²) >= 11 is 0. The summed E-state index contributed by atoms with van der Waals surface area (Å²) in [5, 5.41) is 14.0. The molecule has 1 N–H and O–H groups in total. The van der Waals surface area contributed by atoms with Crippen LogP contribution in [0.25, 0.3) is 10.9 Å². The molecule has 3 aromatic carbocycles. The first kappa shape index (κ1) is 27.3. The first-order valence-corrected chi connectivity index (χ1v) is 13.6. The largest absolute Gasteiger partial charge is 0.497 e. The highest BCUT2D eigenvalue weighted by Crippen LogP contribution is 2.32. The number of H-pyrrole nitrogens is 1. The number of pyridine rings is 1. The number of ether oxygens (including phenoxy) is 1. The molecule has 0 unspecified atom stereocenters. The van der Waals surface area contributed by atoms with Gasteiger partial charge >= 0.3 is 0 Å². The fourth-order valence-corrected chi connectivity index (χ4v) is 5.06. The number of tetrazole rings is 1. The smallest absolute Gasteiger partial charge is 0.253 e. The number of nitrogens with zero attached hydrogens (tertiary/aromatic N) is 5. The molecule has 8 nitrogen and oxygen atoms in total. The van der Waals surface area contributed by atoms with Crippen molar-refractivity contribution in [2.75, 3.05) is 7.11 Å². The van der Waals surface area contributed by atoms with Crippen molar-refractivity contribution in [1.29, 1.82) is 0 Å². The molecule has 8 heteroatoms. The van der Waals surface area contributed by atoms with Gasteiger partial charge in [-0.2, -0.15) is 0 Å². The van der Waals surface area contributed by atoms with E-state index in [0.717, 1.165) is 34.2 Å². The molecule has 0 saturated carbocycles. The summed E-state index contributed by atoms with van der Waals surface area (Å²) in [5.41, 5.74) is 4.28. The van der Waals surface area contributed by atoms with Crippen molar-refractivity contribution in [3.05, 3.63) is 117 Å². The average molecular weight is 537 g/mol. The lowest BCUT2D eigenvalue weighted by Crippen LogP contribution is -2.37. The molecule has 5 aromatic rings. The van der Waals surface area contributed by atoms with Crippen LogP contribution in [-0.2, 0) is 25.0 Å². The number of aryl methyl sites for hydroxylation is 1. The number of hydrogen-bond donors (Lipinski definition) is 1. The molecule has 0 aliphatic rings. The lowest BCUT2D eigenvalue weighted by Gasteiger charge is -2.33. The Labute approximate surface area is 234 Å². The van der Waals surface area contributed by atoms with E-state index in [2.05, 4.69) is 89.5 Å². The minimum absolute atomic E-state index is 0.155. The topological polar surface area (TPSA) is 88.9 Å². The molecular weight excluding hydrogens is 500 g/mol. The summed E-state index contributed by atoms with van der Waals surface area (Å²) in [5.74, 6) is 1.41. The Morgan fingerprint density at radius 1 is 0.925 bits per heavy atom. The van der Waals surface area contributed by atoms with Gasteiger partial charge in [0.15, 0.2) is 5.82 Å². The second-order valence-corrected chi connectivity index (χ2v) is 11.1. The molecule has 0 aliphatic carbocycles. The maximum absolute atomic E-state index is 13.8. The number of hydrogen-bond acceptors (Lipinski definition) is 6. The third kappa shape index (κ3) is 5.82. The quantitative estimate of drug-likeness (QED) is 0.263. The number of methoxy groups -OCH3 is 1. The minimum Gasteiger partial charge on any atom is -0.497 e. The van der Waals surface area contributed by atoms with Gasteiger partial charge in [-0.05, 0) is 90.0 Å². The highest BCUT2D eigenvalue weighted by Gasteiger charge is 2.33. The second-order valence-electron chi connectivity index (χ2n) is 11.1. The van der Waals surface area contributed by atoms with Gasteiger partial charge in [-0.25, -0.2) is 4.68 Å². The number of fused-ring (bicyclic) bond motifs is 1. The van der Waals surface area contributed by atoms with Crippen molar-refractivity contribution < 1.29 is 4.74 Å². The van der Waals surface area contributed by atoms with Crippen molar-refractivity contribution in [3.63, 3.8) is 0 Å². The Bertz CT molecular complexity index is 1630. The van der Waals surface area contributed by atoms with E-state index < -0.39 is 11.6 Å². The predicted octanol–water partition coefficient (Wildman–Crippen LogP) is 5.63. The fraction of sp³-hybridized carbons (Fsp3) is 0.312. The molecule has 2 aromatic heterocycles. The Balaban J connectivity index is 1.72. The van der Waals surface area contributed by atoms with Crippen LogP contribution in [0, 0.1) is 0 Å². The van der Waals surface area contributed by atoms with E-state index in [1.54, 1.807) is 7.11 Å². The van der Waals surface area contributed by atoms with Gasteiger partial charge in [-0.3, -0.25) is 9.69 Å². The molecule has 0 radical (unpaired) electrons. The van der Waals surface area contributed by atoms with Crippen molar-refractivity contribution >= 4 is 10.9 Å². The van der Waals surface area contributed by atoms with E-state index in [9.17, 15) is 4.79 Å².